The van der Waals surface area contributed by atoms with Crippen molar-refractivity contribution in [2.75, 3.05) is 7.11 Å². The minimum atomic E-state index is -0.106. The third kappa shape index (κ3) is 3.68. The highest BCUT2D eigenvalue weighted by atomic mass is 127. The molecule has 18 heavy (non-hydrogen) atoms. The molecule has 2 rings (SSSR count). The lowest BCUT2D eigenvalue weighted by Gasteiger charge is -2.26. The average molecular weight is 360 g/mol. The number of rotatable bonds is 3. The Morgan fingerprint density at radius 2 is 1.78 bits per heavy atom. The van der Waals surface area contributed by atoms with Crippen LogP contribution in [0.5, 0.6) is 5.75 Å². The Labute approximate surface area is 121 Å². The maximum Gasteiger partial charge on any atom is 0.314 e. The molecule has 4 heteroatoms. The Bertz CT molecular complexity index is 394. The summed E-state index contributed by atoms with van der Waals surface area (Å²) in [5.41, 5.74) is 0. The van der Waals surface area contributed by atoms with Crippen LogP contribution < -0.4 is 4.74 Å². The molecule has 1 aliphatic carbocycles. The summed E-state index contributed by atoms with van der Waals surface area (Å²) in [6, 6.07) is 7.54. The van der Waals surface area contributed by atoms with Gasteiger partial charge in [-0.15, -0.1) is 0 Å². The van der Waals surface area contributed by atoms with Gasteiger partial charge in [-0.2, -0.15) is 0 Å². The fourth-order valence-electron chi connectivity index (χ4n) is 2.24. The standard InChI is InChI=1S/C14H17IO3/c1-17-12-6-2-10(3-7-12)14(16)18-13-8-4-11(15)5-9-13/h4-5,8-10,12H,2-3,6-7H2,1H3. The van der Waals surface area contributed by atoms with Crippen molar-refractivity contribution >= 4 is 28.6 Å². The predicted molar refractivity (Wildman–Crippen MR) is 77.5 cm³/mol. The molecular weight excluding hydrogens is 343 g/mol. The molecule has 1 aromatic rings. The molecule has 3 nitrogen and oxygen atoms in total. The highest BCUT2D eigenvalue weighted by Crippen LogP contribution is 2.27. The number of ether oxygens (including phenoxy) is 2. The van der Waals surface area contributed by atoms with Crippen LogP contribution >= 0.6 is 22.6 Å². The van der Waals surface area contributed by atoms with E-state index in [2.05, 4.69) is 22.6 Å². The van der Waals surface area contributed by atoms with Crippen LogP contribution in [-0.2, 0) is 9.53 Å². The Morgan fingerprint density at radius 3 is 2.33 bits per heavy atom. The summed E-state index contributed by atoms with van der Waals surface area (Å²) in [6.07, 6.45) is 3.93. The minimum Gasteiger partial charge on any atom is -0.426 e. The third-order valence-corrected chi connectivity index (χ3v) is 4.09. The lowest BCUT2D eigenvalue weighted by atomic mass is 9.87. The Balaban J connectivity index is 1.87. The van der Waals surface area contributed by atoms with Gasteiger partial charge in [0.05, 0.1) is 12.0 Å². The molecule has 0 radical (unpaired) electrons. The highest BCUT2D eigenvalue weighted by Gasteiger charge is 2.27. The molecule has 0 heterocycles. The summed E-state index contributed by atoms with van der Waals surface area (Å²) < 4.78 is 11.8. The van der Waals surface area contributed by atoms with E-state index in [0.717, 1.165) is 29.3 Å². The van der Waals surface area contributed by atoms with Crippen molar-refractivity contribution in [3.05, 3.63) is 27.8 Å². The number of carbonyl (C=O) groups excluding carboxylic acids is 1. The van der Waals surface area contributed by atoms with Gasteiger partial charge in [-0.05, 0) is 72.5 Å². The molecule has 98 valence electrons. The first kappa shape index (κ1) is 13.8. The van der Waals surface area contributed by atoms with Crippen LogP contribution in [0.2, 0.25) is 0 Å². The fraction of sp³-hybridized carbons (Fsp3) is 0.500. The van der Waals surface area contributed by atoms with Crippen LogP contribution in [0, 0.1) is 9.49 Å². The maximum atomic E-state index is 12.0. The van der Waals surface area contributed by atoms with Crippen molar-refractivity contribution in [2.24, 2.45) is 5.92 Å². The molecule has 1 saturated carbocycles. The van der Waals surface area contributed by atoms with E-state index in [4.69, 9.17) is 9.47 Å². The number of hydrogen-bond acceptors (Lipinski definition) is 3. The van der Waals surface area contributed by atoms with Crippen molar-refractivity contribution in [1.29, 1.82) is 0 Å². The van der Waals surface area contributed by atoms with E-state index in [1.165, 1.54) is 0 Å². The zero-order chi connectivity index (χ0) is 13.0. The maximum absolute atomic E-state index is 12.0. The molecule has 1 fully saturated rings. The van der Waals surface area contributed by atoms with Crippen molar-refractivity contribution in [3.63, 3.8) is 0 Å². The van der Waals surface area contributed by atoms with E-state index in [-0.39, 0.29) is 11.9 Å². The molecule has 1 aliphatic rings. The number of halogens is 1. The summed E-state index contributed by atoms with van der Waals surface area (Å²) in [5, 5.41) is 0. The monoisotopic (exact) mass is 360 g/mol. The molecule has 0 amide bonds. The van der Waals surface area contributed by atoms with Gasteiger partial charge in [0, 0.05) is 10.7 Å². The Hall–Kier alpha value is -0.620. The molecule has 0 bridgehead atoms. The van der Waals surface area contributed by atoms with Crippen molar-refractivity contribution < 1.29 is 14.3 Å². The molecule has 0 saturated heterocycles. The Morgan fingerprint density at radius 1 is 1.17 bits per heavy atom. The minimum absolute atomic E-state index is 0.0238. The van der Waals surface area contributed by atoms with Gasteiger partial charge in [-0.3, -0.25) is 4.79 Å². The van der Waals surface area contributed by atoms with Gasteiger partial charge in [-0.1, -0.05) is 0 Å². The van der Waals surface area contributed by atoms with Crippen molar-refractivity contribution in [1.82, 2.24) is 0 Å². The highest BCUT2D eigenvalue weighted by molar-refractivity contribution is 14.1. The second-order valence-corrected chi connectivity index (χ2v) is 5.83. The van der Waals surface area contributed by atoms with E-state index >= 15 is 0 Å². The molecule has 1 aromatic carbocycles. The topological polar surface area (TPSA) is 35.5 Å². The SMILES string of the molecule is COC1CCC(C(=O)Oc2ccc(I)cc2)CC1. The largest absolute Gasteiger partial charge is 0.426 e. The molecule has 0 aliphatic heterocycles. The zero-order valence-electron chi connectivity index (χ0n) is 10.4. The first-order valence-corrected chi connectivity index (χ1v) is 7.27. The van der Waals surface area contributed by atoms with Gasteiger partial charge in [0.15, 0.2) is 0 Å². The van der Waals surface area contributed by atoms with Crippen LogP contribution in [0.1, 0.15) is 25.7 Å². The van der Waals surface area contributed by atoms with E-state index in [1.54, 1.807) is 7.11 Å². The van der Waals surface area contributed by atoms with Gasteiger partial charge in [0.1, 0.15) is 5.75 Å². The van der Waals surface area contributed by atoms with Crippen molar-refractivity contribution in [2.45, 2.75) is 31.8 Å². The summed E-state index contributed by atoms with van der Waals surface area (Å²) in [5.74, 6) is 0.552. The van der Waals surface area contributed by atoms with E-state index in [0.29, 0.717) is 11.9 Å². The first-order valence-electron chi connectivity index (χ1n) is 6.19. The normalized spacial score (nSPS) is 23.7. The molecular formula is C14H17IO3. The molecule has 0 aromatic heterocycles. The summed E-state index contributed by atoms with van der Waals surface area (Å²) in [4.78, 5) is 12.0. The van der Waals surface area contributed by atoms with Gasteiger partial charge in [0.25, 0.3) is 0 Å². The molecule has 0 atom stereocenters. The van der Waals surface area contributed by atoms with Gasteiger partial charge in [-0.25, -0.2) is 0 Å². The van der Waals surface area contributed by atoms with Crippen LogP contribution in [0.25, 0.3) is 0 Å². The van der Waals surface area contributed by atoms with Crippen LogP contribution in [0.4, 0.5) is 0 Å². The number of carbonyl (C=O) groups is 1. The zero-order valence-corrected chi connectivity index (χ0v) is 12.6. The second kappa shape index (κ2) is 6.52. The number of hydrogen-bond donors (Lipinski definition) is 0. The van der Waals surface area contributed by atoms with Gasteiger partial charge < -0.3 is 9.47 Å². The van der Waals surface area contributed by atoms with E-state index in [1.807, 2.05) is 24.3 Å². The number of methoxy groups -OCH3 is 1. The third-order valence-electron chi connectivity index (χ3n) is 3.37. The van der Waals surface area contributed by atoms with Crippen LogP contribution in [0.15, 0.2) is 24.3 Å². The van der Waals surface area contributed by atoms with E-state index in [9.17, 15) is 4.79 Å². The molecule has 0 unspecified atom stereocenters. The van der Waals surface area contributed by atoms with Crippen molar-refractivity contribution in [3.8, 4) is 5.75 Å². The van der Waals surface area contributed by atoms with Gasteiger partial charge in [0.2, 0.25) is 0 Å². The fourth-order valence-corrected chi connectivity index (χ4v) is 2.60. The number of benzene rings is 1. The lowest BCUT2D eigenvalue weighted by Crippen LogP contribution is -2.28. The quantitative estimate of drug-likeness (QED) is 0.471. The second-order valence-electron chi connectivity index (χ2n) is 4.58. The Kier molecular flexibility index (Phi) is 5.00. The summed E-state index contributed by atoms with van der Waals surface area (Å²) in [7, 11) is 1.73. The number of esters is 1. The predicted octanol–water partition coefficient (Wildman–Crippen LogP) is 3.40. The lowest BCUT2D eigenvalue weighted by molar-refractivity contribution is -0.140. The van der Waals surface area contributed by atoms with Gasteiger partial charge >= 0.3 is 5.97 Å². The van der Waals surface area contributed by atoms with E-state index < -0.39 is 0 Å². The van der Waals surface area contributed by atoms with Crippen LogP contribution in [0.3, 0.4) is 0 Å². The summed E-state index contributed by atoms with van der Waals surface area (Å²) in [6.45, 7) is 0. The smallest absolute Gasteiger partial charge is 0.314 e. The molecule has 0 spiro atoms. The molecule has 0 N–H and O–H groups in total. The first-order chi connectivity index (χ1) is 8.69. The summed E-state index contributed by atoms with van der Waals surface area (Å²) >= 11 is 2.23. The van der Waals surface area contributed by atoms with Crippen LogP contribution in [-0.4, -0.2) is 19.2 Å². The average Bonchev–Trinajstić information content (AvgIpc) is 2.41.